The van der Waals surface area contributed by atoms with Gasteiger partial charge >= 0.3 is 0 Å². The van der Waals surface area contributed by atoms with Crippen LogP contribution >= 0.6 is 0 Å². The van der Waals surface area contributed by atoms with Crippen molar-refractivity contribution in [2.45, 2.75) is 59.4 Å². The molecule has 0 saturated carbocycles. The molecular formula is C13H27N. The van der Waals surface area contributed by atoms with E-state index in [1.54, 1.807) is 0 Å². The highest BCUT2D eigenvalue weighted by molar-refractivity contribution is 4.92. The van der Waals surface area contributed by atoms with Crippen LogP contribution in [-0.4, -0.2) is 6.04 Å². The van der Waals surface area contributed by atoms with Gasteiger partial charge in [0.25, 0.3) is 0 Å². The van der Waals surface area contributed by atoms with E-state index in [4.69, 9.17) is 5.73 Å². The molecular weight excluding hydrogens is 170 g/mol. The van der Waals surface area contributed by atoms with E-state index in [1.165, 1.54) is 18.4 Å². The highest BCUT2D eigenvalue weighted by Crippen LogP contribution is 2.20. The fraction of sp³-hybridized carbons (Fsp3) is 0.846. The maximum Gasteiger partial charge on any atom is 0.00784 e. The van der Waals surface area contributed by atoms with E-state index in [1.807, 2.05) is 0 Å². The van der Waals surface area contributed by atoms with Crippen molar-refractivity contribution in [1.29, 1.82) is 0 Å². The molecule has 0 bridgehead atoms. The van der Waals surface area contributed by atoms with E-state index < -0.39 is 0 Å². The molecule has 3 atom stereocenters. The van der Waals surface area contributed by atoms with Gasteiger partial charge in [-0.3, -0.25) is 0 Å². The molecule has 2 N–H and O–H groups in total. The third kappa shape index (κ3) is 7.14. The molecule has 1 nitrogen and oxygen atoms in total. The Morgan fingerprint density at radius 2 is 1.79 bits per heavy atom. The van der Waals surface area contributed by atoms with Crippen LogP contribution in [0.1, 0.15) is 53.4 Å². The van der Waals surface area contributed by atoms with Crippen LogP contribution in [0.5, 0.6) is 0 Å². The lowest BCUT2D eigenvalue weighted by molar-refractivity contribution is 0.362. The zero-order chi connectivity index (χ0) is 11.1. The first-order valence-electron chi connectivity index (χ1n) is 5.85. The Morgan fingerprint density at radius 3 is 2.21 bits per heavy atom. The lowest BCUT2D eigenvalue weighted by Crippen LogP contribution is -2.23. The molecule has 0 amide bonds. The van der Waals surface area contributed by atoms with E-state index >= 15 is 0 Å². The molecule has 0 aromatic heterocycles. The Labute approximate surface area is 89.8 Å². The van der Waals surface area contributed by atoms with Gasteiger partial charge in [-0.1, -0.05) is 32.8 Å². The van der Waals surface area contributed by atoms with Crippen LogP contribution in [0.25, 0.3) is 0 Å². The van der Waals surface area contributed by atoms with Crippen LogP contribution in [0.3, 0.4) is 0 Å². The fourth-order valence-electron chi connectivity index (χ4n) is 2.00. The maximum absolute atomic E-state index is 6.03. The molecule has 0 aliphatic carbocycles. The Bertz CT molecular complexity index is 163. The predicted molar refractivity (Wildman–Crippen MR) is 65.3 cm³/mol. The summed E-state index contributed by atoms with van der Waals surface area (Å²) in [6.45, 7) is 12.8. The summed E-state index contributed by atoms with van der Waals surface area (Å²) < 4.78 is 0. The molecule has 84 valence electrons. The number of rotatable bonds is 7. The largest absolute Gasteiger partial charge is 0.327 e. The summed E-state index contributed by atoms with van der Waals surface area (Å²) in [5.74, 6) is 1.58. The van der Waals surface area contributed by atoms with Gasteiger partial charge in [-0.15, -0.1) is 6.58 Å². The van der Waals surface area contributed by atoms with Gasteiger partial charge in [-0.05, 0) is 38.0 Å². The zero-order valence-corrected chi connectivity index (χ0v) is 10.3. The molecule has 0 aromatic rings. The topological polar surface area (TPSA) is 26.0 Å². The second kappa shape index (κ2) is 7.05. The van der Waals surface area contributed by atoms with Crippen molar-refractivity contribution in [2.75, 3.05) is 0 Å². The molecule has 0 aliphatic rings. The summed E-state index contributed by atoms with van der Waals surface area (Å²) in [5.41, 5.74) is 7.23. The third-order valence-corrected chi connectivity index (χ3v) is 2.82. The molecule has 0 heterocycles. The van der Waals surface area contributed by atoms with E-state index in [0.29, 0.717) is 6.04 Å². The average molecular weight is 197 g/mol. The summed E-state index contributed by atoms with van der Waals surface area (Å²) in [6.07, 6.45) is 4.70. The van der Waals surface area contributed by atoms with Gasteiger partial charge in [0.2, 0.25) is 0 Å². The first-order chi connectivity index (χ1) is 6.45. The second-order valence-electron chi connectivity index (χ2n) is 5.01. The molecule has 14 heavy (non-hydrogen) atoms. The summed E-state index contributed by atoms with van der Waals surface area (Å²) in [4.78, 5) is 0. The first kappa shape index (κ1) is 13.7. The summed E-state index contributed by atoms with van der Waals surface area (Å²) in [6, 6.07) is 0.312. The SMILES string of the molecule is C=C(C)CC(N)C[C@@H](C)CC(C)CC. The molecule has 0 fully saturated rings. The van der Waals surface area contributed by atoms with Gasteiger partial charge in [0.05, 0.1) is 0 Å². The molecule has 0 rings (SSSR count). The van der Waals surface area contributed by atoms with Crippen molar-refractivity contribution < 1.29 is 0 Å². The van der Waals surface area contributed by atoms with Crippen molar-refractivity contribution in [3.63, 3.8) is 0 Å². The molecule has 1 heteroatoms. The molecule has 0 spiro atoms. The number of hydrogen-bond acceptors (Lipinski definition) is 1. The van der Waals surface area contributed by atoms with Gasteiger partial charge in [0.15, 0.2) is 0 Å². The van der Waals surface area contributed by atoms with Gasteiger partial charge in [-0.25, -0.2) is 0 Å². The Balaban J connectivity index is 3.70. The van der Waals surface area contributed by atoms with Crippen LogP contribution in [0.4, 0.5) is 0 Å². The standard InChI is InChI=1S/C13H27N/c1-6-11(4)8-12(5)9-13(14)7-10(2)3/h11-13H,2,6-9,14H2,1,3-5H3/t11?,12-,13?/m0/s1. The maximum atomic E-state index is 6.03. The van der Waals surface area contributed by atoms with Gasteiger partial charge < -0.3 is 5.73 Å². The lowest BCUT2D eigenvalue weighted by Gasteiger charge is -2.19. The Kier molecular flexibility index (Phi) is 6.90. The van der Waals surface area contributed by atoms with Crippen molar-refractivity contribution in [3.8, 4) is 0 Å². The Morgan fingerprint density at radius 1 is 1.21 bits per heavy atom. The fourth-order valence-corrected chi connectivity index (χ4v) is 2.00. The smallest absolute Gasteiger partial charge is 0.00784 e. The van der Waals surface area contributed by atoms with Gasteiger partial charge in [0, 0.05) is 6.04 Å². The van der Waals surface area contributed by atoms with Crippen molar-refractivity contribution in [2.24, 2.45) is 17.6 Å². The normalized spacial score (nSPS) is 17.5. The molecule has 0 aromatic carbocycles. The summed E-state index contributed by atoms with van der Waals surface area (Å²) in [5, 5.41) is 0. The third-order valence-electron chi connectivity index (χ3n) is 2.82. The molecule has 2 unspecified atom stereocenters. The van der Waals surface area contributed by atoms with Crippen LogP contribution in [0, 0.1) is 11.8 Å². The van der Waals surface area contributed by atoms with E-state index in [2.05, 4.69) is 34.3 Å². The highest BCUT2D eigenvalue weighted by Gasteiger charge is 2.11. The minimum Gasteiger partial charge on any atom is -0.327 e. The highest BCUT2D eigenvalue weighted by atomic mass is 14.6. The zero-order valence-electron chi connectivity index (χ0n) is 10.3. The van der Waals surface area contributed by atoms with Crippen LogP contribution in [0.2, 0.25) is 0 Å². The van der Waals surface area contributed by atoms with Gasteiger partial charge in [0.1, 0.15) is 0 Å². The minimum absolute atomic E-state index is 0.312. The number of nitrogens with two attached hydrogens (primary N) is 1. The predicted octanol–water partition coefficient (Wildman–Crippen LogP) is 3.74. The van der Waals surface area contributed by atoms with E-state index in [0.717, 1.165) is 24.7 Å². The second-order valence-corrected chi connectivity index (χ2v) is 5.01. The molecule has 0 saturated heterocycles. The number of hydrogen-bond donors (Lipinski definition) is 1. The molecule has 0 radical (unpaired) electrons. The van der Waals surface area contributed by atoms with Crippen molar-refractivity contribution in [1.82, 2.24) is 0 Å². The van der Waals surface area contributed by atoms with Crippen molar-refractivity contribution in [3.05, 3.63) is 12.2 Å². The van der Waals surface area contributed by atoms with Crippen LogP contribution in [0.15, 0.2) is 12.2 Å². The van der Waals surface area contributed by atoms with Crippen LogP contribution in [-0.2, 0) is 0 Å². The Hall–Kier alpha value is -0.300. The summed E-state index contributed by atoms with van der Waals surface area (Å²) in [7, 11) is 0. The minimum atomic E-state index is 0.312. The first-order valence-corrected chi connectivity index (χ1v) is 5.85. The van der Waals surface area contributed by atoms with Gasteiger partial charge in [-0.2, -0.15) is 0 Å². The quantitative estimate of drug-likeness (QED) is 0.618. The lowest BCUT2D eigenvalue weighted by atomic mass is 9.89. The molecule has 0 aliphatic heterocycles. The average Bonchev–Trinajstić information content (AvgIpc) is 2.01. The monoisotopic (exact) mass is 197 g/mol. The van der Waals surface area contributed by atoms with E-state index in [-0.39, 0.29) is 0 Å². The van der Waals surface area contributed by atoms with E-state index in [9.17, 15) is 0 Å². The van der Waals surface area contributed by atoms with Crippen molar-refractivity contribution >= 4 is 0 Å². The van der Waals surface area contributed by atoms with Crippen LogP contribution < -0.4 is 5.73 Å². The summed E-state index contributed by atoms with van der Waals surface area (Å²) >= 11 is 0.